The number of anilines is 1. The highest BCUT2D eigenvalue weighted by Gasteiger charge is 2.22. The summed E-state index contributed by atoms with van der Waals surface area (Å²) in [4.78, 5) is 34.4. The maximum atomic E-state index is 12.0. The Kier molecular flexibility index (Phi) is 3.99. The van der Waals surface area contributed by atoms with Gasteiger partial charge in [0.1, 0.15) is 0 Å². The van der Waals surface area contributed by atoms with Crippen molar-refractivity contribution in [3.8, 4) is 0 Å². The predicted molar refractivity (Wildman–Crippen MR) is 73.1 cm³/mol. The largest absolute Gasteiger partial charge is 0.366 e. The van der Waals surface area contributed by atoms with Gasteiger partial charge < -0.3 is 22.1 Å². The molecule has 0 aromatic heterocycles. The van der Waals surface area contributed by atoms with Gasteiger partial charge in [0.25, 0.3) is 0 Å². The normalized spacial score (nSPS) is 17.7. The number of hydrogen-bond donors (Lipinski definition) is 4. The Balaban J connectivity index is 2.23. The lowest BCUT2D eigenvalue weighted by atomic mass is 10.1. The molecule has 7 nitrogen and oxygen atoms in total. The molecule has 0 aliphatic carbocycles. The van der Waals surface area contributed by atoms with E-state index in [9.17, 15) is 14.4 Å². The van der Waals surface area contributed by atoms with Crippen molar-refractivity contribution in [3.63, 3.8) is 0 Å². The summed E-state index contributed by atoms with van der Waals surface area (Å²) in [6.45, 7) is 0.798. The van der Waals surface area contributed by atoms with Crippen LogP contribution in [0.5, 0.6) is 0 Å². The number of carbonyl (C=O) groups is 3. The summed E-state index contributed by atoms with van der Waals surface area (Å²) in [7, 11) is 0. The second kappa shape index (κ2) is 5.70. The van der Waals surface area contributed by atoms with Crippen molar-refractivity contribution in [2.24, 2.45) is 11.5 Å². The van der Waals surface area contributed by atoms with Crippen LogP contribution in [0.3, 0.4) is 0 Å². The van der Waals surface area contributed by atoms with E-state index in [1.165, 1.54) is 18.2 Å². The molecule has 20 heavy (non-hydrogen) atoms. The van der Waals surface area contributed by atoms with Gasteiger partial charge in [0.05, 0.1) is 6.04 Å². The third-order valence-electron chi connectivity index (χ3n) is 3.15. The predicted octanol–water partition coefficient (Wildman–Crippen LogP) is -0.425. The Morgan fingerprint density at radius 2 is 1.70 bits per heavy atom. The summed E-state index contributed by atoms with van der Waals surface area (Å²) in [5, 5.41) is 5.71. The van der Waals surface area contributed by atoms with Crippen molar-refractivity contribution in [3.05, 3.63) is 29.3 Å². The Bertz CT molecular complexity index is 532. The SMILES string of the molecule is NC(=O)c1cc(NC(=O)[C@H]2CCCN2)cc(C(N)=O)c1. The molecule has 1 aliphatic rings. The van der Waals surface area contributed by atoms with E-state index in [1.54, 1.807) is 0 Å². The quantitative estimate of drug-likeness (QED) is 0.595. The molecule has 1 saturated heterocycles. The summed E-state index contributed by atoms with van der Waals surface area (Å²) < 4.78 is 0. The number of carbonyl (C=O) groups excluding carboxylic acids is 3. The number of rotatable bonds is 4. The minimum Gasteiger partial charge on any atom is -0.366 e. The molecule has 1 fully saturated rings. The zero-order valence-corrected chi connectivity index (χ0v) is 10.8. The molecule has 1 aliphatic heterocycles. The van der Waals surface area contributed by atoms with E-state index >= 15 is 0 Å². The number of nitrogens with one attached hydrogen (secondary N) is 2. The molecule has 1 atom stereocenters. The number of benzene rings is 1. The second-order valence-corrected chi connectivity index (χ2v) is 4.67. The number of amides is 3. The fourth-order valence-corrected chi connectivity index (χ4v) is 2.12. The average molecular weight is 276 g/mol. The molecule has 0 unspecified atom stereocenters. The molecule has 0 bridgehead atoms. The van der Waals surface area contributed by atoms with Gasteiger partial charge in [-0.3, -0.25) is 14.4 Å². The molecule has 2 rings (SSSR count). The first-order valence-corrected chi connectivity index (χ1v) is 6.26. The Hall–Kier alpha value is -2.41. The Morgan fingerprint density at radius 1 is 1.10 bits per heavy atom. The molecule has 1 heterocycles. The van der Waals surface area contributed by atoms with Crippen molar-refractivity contribution in [1.82, 2.24) is 5.32 Å². The minimum absolute atomic E-state index is 0.121. The molecular formula is C13H16N4O3. The van der Waals surface area contributed by atoms with E-state index in [-0.39, 0.29) is 23.1 Å². The van der Waals surface area contributed by atoms with Gasteiger partial charge in [-0.25, -0.2) is 0 Å². The topological polar surface area (TPSA) is 127 Å². The summed E-state index contributed by atoms with van der Waals surface area (Å²) in [6, 6.07) is 3.88. The monoisotopic (exact) mass is 276 g/mol. The van der Waals surface area contributed by atoms with Crippen LogP contribution in [-0.2, 0) is 4.79 Å². The van der Waals surface area contributed by atoms with E-state index < -0.39 is 11.8 Å². The molecule has 1 aromatic carbocycles. The molecule has 106 valence electrons. The maximum absolute atomic E-state index is 12.0. The highest BCUT2D eigenvalue weighted by Crippen LogP contribution is 2.16. The molecule has 7 heteroatoms. The van der Waals surface area contributed by atoms with Gasteiger partial charge in [0, 0.05) is 16.8 Å². The molecule has 6 N–H and O–H groups in total. The Morgan fingerprint density at radius 3 is 2.15 bits per heavy atom. The fourth-order valence-electron chi connectivity index (χ4n) is 2.12. The molecule has 0 saturated carbocycles. The maximum Gasteiger partial charge on any atom is 0.248 e. The van der Waals surface area contributed by atoms with Crippen LogP contribution in [0.2, 0.25) is 0 Å². The molecule has 0 spiro atoms. The number of primary amides is 2. The van der Waals surface area contributed by atoms with Gasteiger partial charge in [-0.05, 0) is 37.6 Å². The molecule has 1 aromatic rings. The molecule has 0 radical (unpaired) electrons. The van der Waals surface area contributed by atoms with Crippen LogP contribution in [0, 0.1) is 0 Å². The van der Waals surface area contributed by atoms with Crippen molar-refractivity contribution < 1.29 is 14.4 Å². The van der Waals surface area contributed by atoms with Crippen LogP contribution < -0.4 is 22.1 Å². The van der Waals surface area contributed by atoms with E-state index in [1.807, 2.05) is 0 Å². The van der Waals surface area contributed by atoms with Crippen LogP contribution in [0.1, 0.15) is 33.6 Å². The lowest BCUT2D eigenvalue weighted by Gasteiger charge is -2.12. The molecular weight excluding hydrogens is 260 g/mol. The summed E-state index contributed by atoms with van der Waals surface area (Å²) in [5.41, 5.74) is 10.9. The van der Waals surface area contributed by atoms with Gasteiger partial charge in [-0.1, -0.05) is 0 Å². The van der Waals surface area contributed by atoms with Gasteiger partial charge in [0.15, 0.2) is 0 Å². The first-order chi connectivity index (χ1) is 9.47. The lowest BCUT2D eigenvalue weighted by molar-refractivity contribution is -0.117. The van der Waals surface area contributed by atoms with E-state index in [2.05, 4.69) is 10.6 Å². The van der Waals surface area contributed by atoms with Crippen molar-refractivity contribution in [1.29, 1.82) is 0 Å². The lowest BCUT2D eigenvalue weighted by Crippen LogP contribution is -2.35. The summed E-state index contributed by atoms with van der Waals surface area (Å²) >= 11 is 0. The first-order valence-electron chi connectivity index (χ1n) is 6.26. The molecule has 3 amide bonds. The Labute approximate surface area is 115 Å². The summed E-state index contributed by atoms with van der Waals surface area (Å²) in [5.74, 6) is -1.59. The van der Waals surface area contributed by atoms with Gasteiger partial charge in [0.2, 0.25) is 17.7 Å². The van der Waals surface area contributed by atoms with E-state index in [0.717, 1.165) is 19.4 Å². The van der Waals surface area contributed by atoms with E-state index in [4.69, 9.17) is 11.5 Å². The highest BCUT2D eigenvalue weighted by atomic mass is 16.2. The van der Waals surface area contributed by atoms with Crippen LogP contribution in [0.25, 0.3) is 0 Å². The van der Waals surface area contributed by atoms with Gasteiger partial charge in [-0.15, -0.1) is 0 Å². The zero-order chi connectivity index (χ0) is 14.7. The minimum atomic E-state index is -0.692. The fraction of sp³-hybridized carbons (Fsp3) is 0.308. The standard InChI is InChI=1S/C13H16N4O3/c14-11(18)7-4-8(12(15)19)6-9(5-7)17-13(20)10-2-1-3-16-10/h4-6,10,16H,1-3H2,(H2,14,18)(H2,15,19)(H,17,20)/t10-/m1/s1. The van der Waals surface area contributed by atoms with E-state index in [0.29, 0.717) is 5.69 Å². The highest BCUT2D eigenvalue weighted by molar-refractivity contribution is 6.02. The van der Waals surface area contributed by atoms with Crippen molar-refractivity contribution >= 4 is 23.4 Å². The third-order valence-corrected chi connectivity index (χ3v) is 3.15. The van der Waals surface area contributed by atoms with Crippen LogP contribution in [-0.4, -0.2) is 30.3 Å². The van der Waals surface area contributed by atoms with Crippen LogP contribution in [0.4, 0.5) is 5.69 Å². The van der Waals surface area contributed by atoms with Crippen molar-refractivity contribution in [2.45, 2.75) is 18.9 Å². The number of hydrogen-bond acceptors (Lipinski definition) is 4. The van der Waals surface area contributed by atoms with Gasteiger partial charge >= 0.3 is 0 Å². The van der Waals surface area contributed by atoms with Crippen molar-refractivity contribution in [2.75, 3.05) is 11.9 Å². The van der Waals surface area contributed by atoms with Crippen LogP contribution in [0.15, 0.2) is 18.2 Å². The van der Waals surface area contributed by atoms with Gasteiger partial charge in [-0.2, -0.15) is 0 Å². The summed E-state index contributed by atoms with van der Waals surface area (Å²) in [6.07, 6.45) is 1.69. The second-order valence-electron chi connectivity index (χ2n) is 4.67. The first kappa shape index (κ1) is 14.0. The number of nitrogens with two attached hydrogens (primary N) is 2. The smallest absolute Gasteiger partial charge is 0.248 e. The zero-order valence-electron chi connectivity index (χ0n) is 10.8. The van der Waals surface area contributed by atoms with Crippen LogP contribution >= 0.6 is 0 Å². The third kappa shape index (κ3) is 3.12. The average Bonchev–Trinajstić information content (AvgIpc) is 2.92.